The summed E-state index contributed by atoms with van der Waals surface area (Å²) in [6.07, 6.45) is 36.3. The van der Waals surface area contributed by atoms with Crippen LogP contribution >= 0.6 is 0 Å². The van der Waals surface area contributed by atoms with Gasteiger partial charge in [-0.25, -0.2) is 0 Å². The van der Waals surface area contributed by atoms with Crippen molar-refractivity contribution >= 4 is 0 Å². The van der Waals surface area contributed by atoms with E-state index in [1.807, 2.05) is 0 Å². The average Bonchev–Trinajstić information content (AvgIpc) is 2.76. The van der Waals surface area contributed by atoms with Crippen LogP contribution in [0, 0.1) is 0 Å². The van der Waals surface area contributed by atoms with Crippen molar-refractivity contribution in [3.63, 3.8) is 0 Å². The molecule has 0 aromatic heterocycles. The Morgan fingerprint density at radius 1 is 0.267 bits per heavy atom. The molecule has 1 heteroatoms. The Kier molecular flexibility index (Phi) is 28.9. The van der Waals surface area contributed by atoms with Crippen LogP contribution in [0.15, 0.2) is 0 Å². The summed E-state index contributed by atoms with van der Waals surface area (Å²) < 4.78 is 0. The molecule has 182 valence electrons. The highest BCUT2D eigenvalue weighted by Crippen LogP contribution is 2.14. The average molecular weight is 424 g/mol. The molecule has 30 heavy (non-hydrogen) atoms. The fourth-order valence-electron chi connectivity index (χ4n) is 4.48. The summed E-state index contributed by atoms with van der Waals surface area (Å²) in [4.78, 5) is 0. The van der Waals surface area contributed by atoms with Gasteiger partial charge < -0.3 is 5.32 Å². The lowest BCUT2D eigenvalue weighted by Gasteiger charge is -2.06. The Labute approximate surface area is 193 Å². The zero-order chi connectivity index (χ0) is 21.8. The normalized spacial score (nSPS) is 11.4. The summed E-state index contributed by atoms with van der Waals surface area (Å²) in [5.41, 5.74) is 0. The Hall–Kier alpha value is -0.0400. The van der Waals surface area contributed by atoms with E-state index in [4.69, 9.17) is 0 Å². The molecule has 0 unspecified atom stereocenters. The molecule has 0 saturated heterocycles. The smallest absolute Gasteiger partial charge is 0.00489 e. The van der Waals surface area contributed by atoms with Crippen LogP contribution in [0.1, 0.15) is 174 Å². The van der Waals surface area contributed by atoms with Crippen LogP contribution in [0.3, 0.4) is 0 Å². The molecule has 0 aliphatic carbocycles. The lowest BCUT2D eigenvalue weighted by atomic mass is 10.0. The van der Waals surface area contributed by atoms with Gasteiger partial charge in [0, 0.05) is 0 Å². The number of hydrogen-bond acceptors (Lipinski definition) is 1. The van der Waals surface area contributed by atoms with E-state index in [1.165, 1.54) is 174 Å². The fourth-order valence-corrected chi connectivity index (χ4v) is 4.48. The second kappa shape index (κ2) is 29.0. The Balaban J connectivity index is 2.97. The number of rotatable bonds is 27. The summed E-state index contributed by atoms with van der Waals surface area (Å²) in [6, 6.07) is 0. The number of nitrogens with one attached hydrogen (secondary N) is 1. The molecule has 1 N–H and O–H groups in total. The van der Waals surface area contributed by atoms with Gasteiger partial charge in [0.05, 0.1) is 0 Å². The van der Waals surface area contributed by atoms with Gasteiger partial charge in [0.25, 0.3) is 0 Å². The molecule has 0 spiro atoms. The molecule has 0 aromatic carbocycles. The van der Waals surface area contributed by atoms with Gasteiger partial charge in [0.15, 0.2) is 0 Å². The minimum atomic E-state index is 1.24. The summed E-state index contributed by atoms with van der Waals surface area (Å²) in [5.74, 6) is 0. The molecule has 0 amide bonds. The van der Waals surface area contributed by atoms with E-state index < -0.39 is 0 Å². The van der Waals surface area contributed by atoms with Gasteiger partial charge in [-0.05, 0) is 25.9 Å². The molecule has 0 aliphatic rings. The van der Waals surface area contributed by atoms with Crippen molar-refractivity contribution in [2.45, 2.75) is 174 Å². The van der Waals surface area contributed by atoms with Crippen LogP contribution in [-0.2, 0) is 0 Å². The largest absolute Gasteiger partial charge is 0.317 e. The molecule has 0 heterocycles. The third-order valence-corrected chi connectivity index (χ3v) is 6.66. The monoisotopic (exact) mass is 423 g/mol. The molecular weight excluding hydrogens is 362 g/mol. The Morgan fingerprint density at radius 2 is 0.467 bits per heavy atom. The summed E-state index contributed by atoms with van der Waals surface area (Å²) in [5, 5.41) is 3.65. The van der Waals surface area contributed by atoms with Crippen LogP contribution in [0.4, 0.5) is 0 Å². The van der Waals surface area contributed by atoms with E-state index in [9.17, 15) is 0 Å². The molecule has 0 aliphatic heterocycles. The molecule has 0 saturated carbocycles. The van der Waals surface area contributed by atoms with E-state index in [0.29, 0.717) is 0 Å². The Bertz CT molecular complexity index is 248. The molecule has 1 nitrogen and oxygen atoms in total. The topological polar surface area (TPSA) is 12.0 Å². The second-order valence-corrected chi connectivity index (χ2v) is 9.88. The van der Waals surface area contributed by atoms with Gasteiger partial charge in [-0.1, -0.05) is 162 Å². The highest BCUT2D eigenvalue weighted by molar-refractivity contribution is 4.53. The van der Waals surface area contributed by atoms with Gasteiger partial charge in [-0.2, -0.15) is 0 Å². The van der Waals surface area contributed by atoms with E-state index in [0.717, 1.165) is 0 Å². The maximum Gasteiger partial charge on any atom is -0.00489 e. The third-order valence-electron chi connectivity index (χ3n) is 6.66. The predicted molar refractivity (Wildman–Crippen MR) is 140 cm³/mol. The van der Waals surface area contributed by atoms with Gasteiger partial charge in [-0.15, -0.1) is 0 Å². The summed E-state index contributed by atoms with van der Waals surface area (Å²) in [6.45, 7) is 7.09. The van der Waals surface area contributed by atoms with Crippen LogP contribution in [-0.4, -0.2) is 13.1 Å². The van der Waals surface area contributed by atoms with E-state index >= 15 is 0 Å². The molecule has 0 aromatic rings. The molecule has 0 atom stereocenters. The van der Waals surface area contributed by atoms with Crippen molar-refractivity contribution in [2.75, 3.05) is 13.1 Å². The van der Waals surface area contributed by atoms with Gasteiger partial charge >= 0.3 is 0 Å². The lowest BCUT2D eigenvalue weighted by Crippen LogP contribution is -2.16. The zero-order valence-electron chi connectivity index (χ0n) is 21.6. The molecule has 0 bridgehead atoms. The van der Waals surface area contributed by atoms with Crippen LogP contribution < -0.4 is 5.32 Å². The lowest BCUT2D eigenvalue weighted by molar-refractivity contribution is 0.519. The SMILES string of the molecule is CCCCCCCCCCCCCCCCCCCNCCCCCCCCCC. The first-order valence-corrected chi connectivity index (χ1v) is 14.6. The standard InChI is InChI=1S/C29H61N/c1-3-5-7-9-11-13-14-15-16-17-18-19-20-21-23-25-27-29-30-28-26-24-22-12-10-8-6-4-2/h30H,3-29H2,1-2H3. The van der Waals surface area contributed by atoms with Crippen molar-refractivity contribution in [1.82, 2.24) is 5.32 Å². The first-order chi connectivity index (χ1) is 14.9. The van der Waals surface area contributed by atoms with Gasteiger partial charge in [0.1, 0.15) is 0 Å². The van der Waals surface area contributed by atoms with Gasteiger partial charge in [0.2, 0.25) is 0 Å². The van der Waals surface area contributed by atoms with Gasteiger partial charge in [-0.3, -0.25) is 0 Å². The van der Waals surface area contributed by atoms with E-state index in [1.54, 1.807) is 0 Å². The minimum absolute atomic E-state index is 1.24. The fraction of sp³-hybridized carbons (Fsp3) is 1.00. The molecule has 0 rings (SSSR count). The quantitative estimate of drug-likeness (QED) is 0.129. The van der Waals surface area contributed by atoms with E-state index in [-0.39, 0.29) is 0 Å². The molecular formula is C29H61N. The second-order valence-electron chi connectivity index (χ2n) is 9.88. The first kappa shape index (κ1) is 30.0. The van der Waals surface area contributed by atoms with Crippen molar-refractivity contribution in [2.24, 2.45) is 0 Å². The van der Waals surface area contributed by atoms with Crippen LogP contribution in [0.2, 0.25) is 0 Å². The third kappa shape index (κ3) is 28.0. The minimum Gasteiger partial charge on any atom is -0.317 e. The van der Waals surface area contributed by atoms with Crippen molar-refractivity contribution in [3.8, 4) is 0 Å². The van der Waals surface area contributed by atoms with Crippen molar-refractivity contribution in [3.05, 3.63) is 0 Å². The highest BCUT2D eigenvalue weighted by atomic mass is 14.8. The molecule has 0 fully saturated rings. The summed E-state index contributed by atoms with van der Waals surface area (Å²) >= 11 is 0. The number of unbranched alkanes of at least 4 members (excludes halogenated alkanes) is 23. The Morgan fingerprint density at radius 3 is 0.700 bits per heavy atom. The first-order valence-electron chi connectivity index (χ1n) is 14.6. The molecule has 0 radical (unpaired) electrons. The van der Waals surface area contributed by atoms with E-state index in [2.05, 4.69) is 19.2 Å². The zero-order valence-corrected chi connectivity index (χ0v) is 21.6. The summed E-state index contributed by atoms with van der Waals surface area (Å²) in [7, 11) is 0. The number of hydrogen-bond donors (Lipinski definition) is 1. The highest BCUT2D eigenvalue weighted by Gasteiger charge is 1.95. The van der Waals surface area contributed by atoms with Crippen molar-refractivity contribution < 1.29 is 0 Å². The predicted octanol–water partition coefficient (Wildman–Crippen LogP) is 10.4. The van der Waals surface area contributed by atoms with Crippen molar-refractivity contribution in [1.29, 1.82) is 0 Å². The maximum atomic E-state index is 3.65. The maximum absolute atomic E-state index is 3.65. The van der Waals surface area contributed by atoms with Crippen LogP contribution in [0.25, 0.3) is 0 Å². The van der Waals surface area contributed by atoms with Crippen LogP contribution in [0.5, 0.6) is 0 Å².